The number of carboxylic acids is 1. The third-order valence-corrected chi connectivity index (χ3v) is 2.97. The molecule has 3 aromatic heterocycles. The Hall–Kier alpha value is -2.28. The minimum absolute atomic E-state index is 0.163. The molecule has 0 bridgehead atoms. The van der Waals surface area contributed by atoms with Crippen molar-refractivity contribution >= 4 is 27.5 Å². The van der Waals surface area contributed by atoms with Crippen LogP contribution in [0.2, 0.25) is 0 Å². The first-order valence-corrected chi connectivity index (χ1v) is 6.13. The van der Waals surface area contributed by atoms with Crippen LogP contribution in [-0.2, 0) is 0 Å². The third kappa shape index (κ3) is 2.19. The van der Waals surface area contributed by atoms with Crippen molar-refractivity contribution in [1.29, 1.82) is 0 Å². The van der Waals surface area contributed by atoms with E-state index in [1.54, 1.807) is 18.5 Å². The second kappa shape index (κ2) is 4.43. The largest absolute Gasteiger partial charge is 0.478 e. The smallest absolute Gasteiger partial charge is 0.337 e. The molecule has 0 saturated carbocycles. The Kier molecular flexibility index (Phi) is 2.75. The summed E-state index contributed by atoms with van der Waals surface area (Å²) in [5.41, 5.74) is 1.51. The molecule has 1 N–H and O–H groups in total. The van der Waals surface area contributed by atoms with Gasteiger partial charge in [0, 0.05) is 28.6 Å². The molecule has 0 aliphatic rings. The quantitative estimate of drug-likeness (QED) is 0.783. The van der Waals surface area contributed by atoms with Gasteiger partial charge in [0.05, 0.1) is 5.56 Å². The molecule has 94 valence electrons. The van der Waals surface area contributed by atoms with Gasteiger partial charge in [0.15, 0.2) is 11.5 Å². The van der Waals surface area contributed by atoms with Gasteiger partial charge in [-0.3, -0.25) is 4.98 Å². The summed E-state index contributed by atoms with van der Waals surface area (Å²) in [6.07, 6.45) is 4.75. The number of fused-ring (bicyclic) bond motifs is 1. The van der Waals surface area contributed by atoms with Crippen molar-refractivity contribution in [2.45, 2.75) is 0 Å². The van der Waals surface area contributed by atoms with Crippen molar-refractivity contribution in [2.24, 2.45) is 0 Å². The second-order valence-corrected chi connectivity index (χ2v) is 4.77. The maximum Gasteiger partial charge on any atom is 0.337 e. The fraction of sp³-hybridized carbons (Fsp3) is 0. The lowest BCUT2D eigenvalue weighted by molar-refractivity contribution is 0.0696. The summed E-state index contributed by atoms with van der Waals surface area (Å²) in [5.74, 6) is -0.501. The van der Waals surface area contributed by atoms with E-state index in [9.17, 15) is 4.79 Å². The molecule has 0 saturated heterocycles. The highest BCUT2D eigenvalue weighted by Crippen LogP contribution is 2.19. The van der Waals surface area contributed by atoms with E-state index in [1.807, 2.05) is 6.07 Å². The Labute approximate surface area is 115 Å². The summed E-state index contributed by atoms with van der Waals surface area (Å²) in [5, 5.41) is 13.2. The van der Waals surface area contributed by atoms with Gasteiger partial charge in [-0.15, -0.1) is 5.10 Å². The molecular formula is C12H7BrN4O2. The Morgan fingerprint density at radius 1 is 1.32 bits per heavy atom. The zero-order valence-electron chi connectivity index (χ0n) is 9.49. The van der Waals surface area contributed by atoms with Crippen molar-refractivity contribution in [2.75, 3.05) is 0 Å². The van der Waals surface area contributed by atoms with Gasteiger partial charge in [-0.25, -0.2) is 14.3 Å². The summed E-state index contributed by atoms with van der Waals surface area (Å²) in [6.45, 7) is 0. The summed E-state index contributed by atoms with van der Waals surface area (Å²) in [4.78, 5) is 19.3. The van der Waals surface area contributed by atoms with Crippen LogP contribution < -0.4 is 0 Å². The molecule has 0 aliphatic carbocycles. The maximum atomic E-state index is 10.9. The van der Waals surface area contributed by atoms with Crippen LogP contribution in [0.5, 0.6) is 0 Å². The predicted octanol–water partition coefficient (Wildman–Crippen LogP) is 2.25. The van der Waals surface area contributed by atoms with Crippen LogP contribution in [0, 0.1) is 0 Å². The molecule has 0 spiro atoms. The minimum atomic E-state index is -0.997. The lowest BCUT2D eigenvalue weighted by Gasteiger charge is -1.94. The van der Waals surface area contributed by atoms with Gasteiger partial charge in [0.2, 0.25) is 0 Å². The van der Waals surface area contributed by atoms with Crippen LogP contribution in [0.1, 0.15) is 10.4 Å². The zero-order valence-corrected chi connectivity index (χ0v) is 11.1. The second-order valence-electron chi connectivity index (χ2n) is 3.85. The first-order chi connectivity index (χ1) is 9.13. The Morgan fingerprint density at radius 2 is 2.16 bits per heavy atom. The SMILES string of the molecule is O=C(O)c1ccc2nc(-c3cncc(Br)c3)nn2c1. The highest BCUT2D eigenvalue weighted by Gasteiger charge is 2.09. The first kappa shape index (κ1) is 11.8. The van der Waals surface area contributed by atoms with Crippen molar-refractivity contribution in [3.8, 4) is 11.4 Å². The van der Waals surface area contributed by atoms with E-state index >= 15 is 0 Å². The van der Waals surface area contributed by atoms with Crippen LogP contribution in [0.3, 0.4) is 0 Å². The number of halogens is 1. The van der Waals surface area contributed by atoms with Crippen molar-refractivity contribution in [3.05, 3.63) is 46.8 Å². The number of hydrogen-bond acceptors (Lipinski definition) is 4. The lowest BCUT2D eigenvalue weighted by Crippen LogP contribution is -1.99. The van der Waals surface area contributed by atoms with E-state index in [4.69, 9.17) is 5.11 Å². The van der Waals surface area contributed by atoms with Gasteiger partial charge < -0.3 is 5.11 Å². The van der Waals surface area contributed by atoms with Gasteiger partial charge in [-0.05, 0) is 34.1 Å². The van der Waals surface area contributed by atoms with E-state index in [1.165, 1.54) is 16.8 Å². The number of rotatable bonds is 2. The van der Waals surface area contributed by atoms with Gasteiger partial charge in [-0.2, -0.15) is 0 Å². The molecule has 19 heavy (non-hydrogen) atoms. The van der Waals surface area contributed by atoms with Crippen LogP contribution in [0.25, 0.3) is 17.0 Å². The molecule has 0 radical (unpaired) electrons. The number of carbonyl (C=O) groups is 1. The molecule has 3 heterocycles. The summed E-state index contributed by atoms with van der Waals surface area (Å²) >= 11 is 3.33. The van der Waals surface area contributed by atoms with Crippen LogP contribution in [0.4, 0.5) is 0 Å². The summed E-state index contributed by atoms with van der Waals surface area (Å²) in [7, 11) is 0. The number of pyridine rings is 2. The molecule has 7 heteroatoms. The molecule has 0 aromatic carbocycles. The number of carboxylic acid groups (broad SMARTS) is 1. The monoisotopic (exact) mass is 318 g/mol. The fourth-order valence-electron chi connectivity index (χ4n) is 1.67. The van der Waals surface area contributed by atoms with E-state index in [0.717, 1.165) is 10.0 Å². The number of hydrogen-bond donors (Lipinski definition) is 1. The molecular weight excluding hydrogens is 312 g/mol. The lowest BCUT2D eigenvalue weighted by atomic mass is 10.3. The van der Waals surface area contributed by atoms with Gasteiger partial charge in [0.25, 0.3) is 0 Å². The van der Waals surface area contributed by atoms with Crippen molar-refractivity contribution in [3.63, 3.8) is 0 Å². The Bertz CT molecular complexity index is 784. The van der Waals surface area contributed by atoms with Crippen LogP contribution >= 0.6 is 15.9 Å². The number of aromatic carboxylic acids is 1. The topological polar surface area (TPSA) is 80.4 Å². The molecule has 0 atom stereocenters. The Morgan fingerprint density at radius 3 is 2.89 bits per heavy atom. The summed E-state index contributed by atoms with van der Waals surface area (Å²) < 4.78 is 2.27. The van der Waals surface area contributed by atoms with E-state index < -0.39 is 5.97 Å². The molecule has 0 unspecified atom stereocenters. The van der Waals surface area contributed by atoms with Crippen LogP contribution in [0.15, 0.2) is 41.3 Å². The standard InChI is InChI=1S/C12H7BrN4O2/c13-9-3-8(4-14-5-9)11-15-10-2-1-7(12(18)19)6-17(10)16-11/h1-6H,(H,18,19). The van der Waals surface area contributed by atoms with Gasteiger partial charge in [0.1, 0.15) is 0 Å². The zero-order chi connectivity index (χ0) is 13.4. The highest BCUT2D eigenvalue weighted by atomic mass is 79.9. The average molecular weight is 319 g/mol. The van der Waals surface area contributed by atoms with Crippen molar-refractivity contribution < 1.29 is 9.90 Å². The number of nitrogens with zero attached hydrogens (tertiary/aromatic N) is 4. The molecule has 0 fully saturated rings. The molecule has 6 nitrogen and oxygen atoms in total. The van der Waals surface area contributed by atoms with Gasteiger partial charge >= 0.3 is 5.97 Å². The molecule has 3 aromatic rings. The van der Waals surface area contributed by atoms with E-state index in [0.29, 0.717) is 11.5 Å². The molecule has 3 rings (SSSR count). The highest BCUT2D eigenvalue weighted by molar-refractivity contribution is 9.10. The molecule has 0 aliphatic heterocycles. The number of aromatic nitrogens is 4. The van der Waals surface area contributed by atoms with Crippen LogP contribution in [-0.4, -0.2) is 30.7 Å². The molecule has 0 amide bonds. The minimum Gasteiger partial charge on any atom is -0.478 e. The average Bonchev–Trinajstić information content (AvgIpc) is 2.81. The predicted molar refractivity (Wildman–Crippen MR) is 70.9 cm³/mol. The van der Waals surface area contributed by atoms with Crippen molar-refractivity contribution in [1.82, 2.24) is 19.6 Å². The first-order valence-electron chi connectivity index (χ1n) is 5.34. The third-order valence-electron chi connectivity index (χ3n) is 2.54. The normalized spacial score (nSPS) is 10.8. The van der Waals surface area contributed by atoms with Gasteiger partial charge in [-0.1, -0.05) is 0 Å². The Balaban J connectivity index is 2.14. The fourth-order valence-corrected chi connectivity index (χ4v) is 2.03. The summed E-state index contributed by atoms with van der Waals surface area (Å²) in [6, 6.07) is 4.96. The maximum absolute atomic E-state index is 10.9. The van der Waals surface area contributed by atoms with E-state index in [2.05, 4.69) is 31.0 Å². The van der Waals surface area contributed by atoms with E-state index in [-0.39, 0.29) is 5.56 Å².